The van der Waals surface area contributed by atoms with Gasteiger partial charge in [0.1, 0.15) is 5.65 Å². The number of piperidine rings is 1. The van der Waals surface area contributed by atoms with E-state index >= 15 is 0 Å². The van der Waals surface area contributed by atoms with Crippen molar-refractivity contribution in [1.29, 1.82) is 0 Å². The van der Waals surface area contributed by atoms with Crippen LogP contribution in [0.25, 0.3) is 27.9 Å². The maximum Gasteiger partial charge on any atom is 0.220 e. The molecule has 1 aliphatic rings. The van der Waals surface area contributed by atoms with Crippen LogP contribution in [-0.2, 0) is 11.3 Å². The third-order valence-electron chi connectivity index (χ3n) is 5.87. The number of imidazole rings is 1. The van der Waals surface area contributed by atoms with Crippen molar-refractivity contribution in [2.24, 2.45) is 11.7 Å². The second-order valence-electron chi connectivity index (χ2n) is 7.71. The van der Waals surface area contributed by atoms with Gasteiger partial charge in [0.15, 0.2) is 0 Å². The molecular weight excluding hydrogens is 362 g/mol. The third kappa shape index (κ3) is 3.36. The molecule has 0 aliphatic carbocycles. The number of fused-ring (bicyclic) bond motifs is 2. The van der Waals surface area contributed by atoms with Crippen molar-refractivity contribution in [3.8, 4) is 11.4 Å². The Balaban J connectivity index is 1.47. The quantitative estimate of drug-likeness (QED) is 0.585. The van der Waals surface area contributed by atoms with Crippen LogP contribution in [0.1, 0.15) is 18.4 Å². The Bertz CT molecular complexity index is 1190. The van der Waals surface area contributed by atoms with E-state index in [4.69, 9.17) is 10.7 Å². The molecule has 0 radical (unpaired) electrons. The molecule has 4 heterocycles. The van der Waals surface area contributed by atoms with Crippen LogP contribution in [0.15, 0.2) is 60.9 Å². The lowest BCUT2D eigenvalue weighted by Crippen LogP contribution is -2.38. The van der Waals surface area contributed by atoms with E-state index in [1.54, 1.807) is 0 Å². The lowest BCUT2D eigenvalue weighted by Gasteiger charge is -2.30. The minimum Gasteiger partial charge on any atom is -0.369 e. The molecule has 0 atom stereocenters. The van der Waals surface area contributed by atoms with Gasteiger partial charge in [0.2, 0.25) is 5.91 Å². The van der Waals surface area contributed by atoms with Crippen LogP contribution in [0.3, 0.4) is 0 Å². The number of aromatic nitrogens is 3. The second kappa shape index (κ2) is 7.29. The molecule has 1 fully saturated rings. The maximum absolute atomic E-state index is 11.4. The fourth-order valence-corrected chi connectivity index (χ4v) is 4.22. The van der Waals surface area contributed by atoms with E-state index in [9.17, 15) is 4.79 Å². The van der Waals surface area contributed by atoms with Gasteiger partial charge in [0, 0.05) is 24.0 Å². The summed E-state index contributed by atoms with van der Waals surface area (Å²) in [6, 6.07) is 16.5. The number of hydrogen-bond donors (Lipinski definition) is 1. The van der Waals surface area contributed by atoms with E-state index in [0.717, 1.165) is 60.4 Å². The highest BCUT2D eigenvalue weighted by Crippen LogP contribution is 2.26. The average Bonchev–Trinajstić information content (AvgIpc) is 3.18. The number of nitrogens with zero attached hydrogens (tertiary/aromatic N) is 4. The van der Waals surface area contributed by atoms with Crippen molar-refractivity contribution in [1.82, 2.24) is 19.3 Å². The molecule has 146 valence electrons. The van der Waals surface area contributed by atoms with E-state index in [2.05, 4.69) is 44.6 Å². The van der Waals surface area contributed by atoms with E-state index in [1.807, 2.05) is 30.6 Å². The van der Waals surface area contributed by atoms with Crippen LogP contribution in [-0.4, -0.2) is 38.3 Å². The van der Waals surface area contributed by atoms with Gasteiger partial charge in [-0.25, -0.2) is 9.97 Å². The number of rotatable bonds is 4. The van der Waals surface area contributed by atoms with Gasteiger partial charge in [0.25, 0.3) is 0 Å². The summed E-state index contributed by atoms with van der Waals surface area (Å²) in [4.78, 5) is 23.3. The molecule has 1 aliphatic heterocycles. The summed E-state index contributed by atoms with van der Waals surface area (Å²) in [6.07, 6.45) is 5.56. The Morgan fingerprint density at radius 1 is 1.07 bits per heavy atom. The molecule has 1 aromatic carbocycles. The summed E-state index contributed by atoms with van der Waals surface area (Å²) >= 11 is 0. The van der Waals surface area contributed by atoms with Gasteiger partial charge < -0.3 is 5.73 Å². The first kappa shape index (κ1) is 17.8. The van der Waals surface area contributed by atoms with Crippen LogP contribution in [0.4, 0.5) is 0 Å². The van der Waals surface area contributed by atoms with Gasteiger partial charge in [-0.15, -0.1) is 0 Å². The molecule has 5 rings (SSSR count). The molecule has 1 saturated heterocycles. The highest BCUT2D eigenvalue weighted by molar-refractivity contribution is 5.84. The van der Waals surface area contributed by atoms with Crippen LogP contribution < -0.4 is 5.73 Å². The predicted octanol–water partition coefficient (Wildman–Crippen LogP) is 3.25. The van der Waals surface area contributed by atoms with Crippen LogP contribution >= 0.6 is 0 Å². The topological polar surface area (TPSA) is 76.5 Å². The minimum absolute atomic E-state index is 0.0126. The molecule has 4 aromatic rings. The Kier molecular flexibility index (Phi) is 4.48. The first-order valence-electron chi connectivity index (χ1n) is 10.0. The highest BCUT2D eigenvalue weighted by atomic mass is 16.1. The highest BCUT2D eigenvalue weighted by Gasteiger charge is 2.23. The molecule has 6 heteroatoms. The first-order valence-corrected chi connectivity index (χ1v) is 10.0. The number of likely N-dealkylation sites (tertiary alicyclic amines) is 1. The number of para-hydroxylation sites is 1. The summed E-state index contributed by atoms with van der Waals surface area (Å²) in [7, 11) is 0. The smallest absolute Gasteiger partial charge is 0.220 e. The number of pyridine rings is 2. The van der Waals surface area contributed by atoms with Gasteiger partial charge in [-0.2, -0.15) is 0 Å². The second-order valence-corrected chi connectivity index (χ2v) is 7.71. The predicted molar refractivity (Wildman–Crippen MR) is 113 cm³/mol. The molecule has 2 N–H and O–H groups in total. The normalized spacial score (nSPS) is 15.9. The number of hydrogen-bond acceptors (Lipinski definition) is 4. The molecule has 3 aromatic heterocycles. The number of carbonyl (C=O) groups is 1. The Labute approximate surface area is 169 Å². The minimum atomic E-state index is -0.172. The zero-order chi connectivity index (χ0) is 19.8. The Morgan fingerprint density at radius 3 is 2.76 bits per heavy atom. The zero-order valence-corrected chi connectivity index (χ0v) is 16.2. The number of primary amides is 1. The molecule has 0 unspecified atom stereocenters. The maximum atomic E-state index is 11.4. The van der Waals surface area contributed by atoms with Gasteiger partial charge in [-0.1, -0.05) is 30.3 Å². The summed E-state index contributed by atoms with van der Waals surface area (Å²) in [5.74, 6) is -0.159. The van der Waals surface area contributed by atoms with E-state index < -0.39 is 0 Å². The SMILES string of the molecule is NC(=O)C1CCN(Cc2cccc3ccc(-c4cnc5ccccn45)nc23)CC1. The summed E-state index contributed by atoms with van der Waals surface area (Å²) in [5.41, 5.74) is 10.5. The molecule has 0 spiro atoms. The lowest BCUT2D eigenvalue weighted by atomic mass is 9.96. The van der Waals surface area contributed by atoms with Crippen molar-refractivity contribution in [3.63, 3.8) is 0 Å². The molecule has 0 saturated carbocycles. The van der Waals surface area contributed by atoms with Crippen molar-refractivity contribution < 1.29 is 4.79 Å². The summed E-state index contributed by atoms with van der Waals surface area (Å²) in [5, 5.41) is 1.13. The number of benzene rings is 1. The lowest BCUT2D eigenvalue weighted by molar-refractivity contribution is -0.123. The van der Waals surface area contributed by atoms with Crippen molar-refractivity contribution in [3.05, 3.63) is 66.5 Å². The number of amides is 1. The van der Waals surface area contributed by atoms with Crippen molar-refractivity contribution in [2.75, 3.05) is 13.1 Å². The fraction of sp³-hybridized carbons (Fsp3) is 0.261. The van der Waals surface area contributed by atoms with Crippen LogP contribution in [0.2, 0.25) is 0 Å². The molecule has 1 amide bonds. The van der Waals surface area contributed by atoms with Crippen LogP contribution in [0.5, 0.6) is 0 Å². The van der Waals surface area contributed by atoms with Crippen molar-refractivity contribution >= 4 is 22.5 Å². The van der Waals surface area contributed by atoms with Gasteiger partial charge in [-0.3, -0.25) is 14.1 Å². The Hall–Kier alpha value is -3.25. The fourth-order valence-electron chi connectivity index (χ4n) is 4.22. The zero-order valence-electron chi connectivity index (χ0n) is 16.2. The first-order chi connectivity index (χ1) is 14.2. The largest absolute Gasteiger partial charge is 0.369 e. The van der Waals surface area contributed by atoms with E-state index in [1.165, 1.54) is 5.56 Å². The number of carbonyl (C=O) groups excluding carboxylic acids is 1. The number of nitrogens with two attached hydrogens (primary N) is 1. The summed E-state index contributed by atoms with van der Waals surface area (Å²) < 4.78 is 2.06. The average molecular weight is 385 g/mol. The molecule has 6 nitrogen and oxygen atoms in total. The molecular formula is C23H23N5O. The van der Waals surface area contributed by atoms with Gasteiger partial charge >= 0.3 is 0 Å². The monoisotopic (exact) mass is 385 g/mol. The Morgan fingerprint density at radius 2 is 1.93 bits per heavy atom. The molecule has 29 heavy (non-hydrogen) atoms. The van der Waals surface area contributed by atoms with E-state index in [-0.39, 0.29) is 11.8 Å². The molecule has 0 bridgehead atoms. The van der Waals surface area contributed by atoms with Crippen molar-refractivity contribution in [2.45, 2.75) is 19.4 Å². The summed E-state index contributed by atoms with van der Waals surface area (Å²) in [6.45, 7) is 2.60. The van der Waals surface area contributed by atoms with Crippen LogP contribution in [0, 0.1) is 5.92 Å². The third-order valence-corrected chi connectivity index (χ3v) is 5.87. The van der Waals surface area contributed by atoms with Gasteiger partial charge in [0.05, 0.1) is 23.1 Å². The van der Waals surface area contributed by atoms with E-state index in [0.29, 0.717) is 0 Å². The van der Waals surface area contributed by atoms with Gasteiger partial charge in [-0.05, 0) is 49.7 Å². The standard InChI is InChI=1S/C23H23N5O/c24-23(29)17-9-12-27(13-10-17)15-18-5-3-4-16-7-8-19(26-22(16)18)20-14-25-21-6-1-2-11-28(20)21/h1-8,11,14,17H,9-10,12-13,15H2,(H2,24,29).